The van der Waals surface area contributed by atoms with E-state index in [0.29, 0.717) is 31.5 Å². The average Bonchev–Trinajstić information content (AvgIpc) is 3.13. The second-order valence-corrected chi connectivity index (χ2v) is 8.60. The van der Waals surface area contributed by atoms with Gasteiger partial charge in [-0.25, -0.2) is 0 Å². The topological polar surface area (TPSA) is 76.7 Å². The van der Waals surface area contributed by atoms with E-state index in [1.54, 1.807) is 18.4 Å². The Labute approximate surface area is 176 Å². The molecule has 7 heteroatoms. The number of hydrogen-bond donors (Lipinski definition) is 2. The van der Waals surface area contributed by atoms with E-state index in [-0.39, 0.29) is 18.4 Å². The van der Waals surface area contributed by atoms with Gasteiger partial charge in [0.1, 0.15) is 6.61 Å². The number of ether oxygens (including phenoxy) is 2. The number of carbonyl (C=O) groups is 2. The standard InChI is InChI=1S/C22H30N2O4S/c1-27-12-11-23-22(26)21-20(17-5-3-4-6-18(17)29-21)16-9-7-15(8-10-16)13-24-19(25)14-28-2/h3-6,15-16H,7-14H2,1-2H3,(H,23,26)(H,24,25). The van der Waals surface area contributed by atoms with Crippen molar-refractivity contribution in [2.75, 3.05) is 40.5 Å². The second-order valence-electron chi connectivity index (χ2n) is 7.54. The maximum absolute atomic E-state index is 12.8. The molecule has 158 valence electrons. The van der Waals surface area contributed by atoms with Gasteiger partial charge in [-0.2, -0.15) is 0 Å². The second kappa shape index (κ2) is 10.7. The Bertz CT molecular complexity index is 827. The lowest BCUT2D eigenvalue weighted by Crippen LogP contribution is -2.33. The van der Waals surface area contributed by atoms with Crippen LogP contribution >= 0.6 is 11.3 Å². The Morgan fingerprint density at radius 3 is 2.55 bits per heavy atom. The number of hydrogen-bond acceptors (Lipinski definition) is 5. The summed E-state index contributed by atoms with van der Waals surface area (Å²) in [6.07, 6.45) is 4.16. The van der Waals surface area contributed by atoms with Crippen molar-refractivity contribution in [2.24, 2.45) is 5.92 Å². The van der Waals surface area contributed by atoms with Gasteiger partial charge in [-0.15, -0.1) is 11.3 Å². The van der Waals surface area contributed by atoms with Gasteiger partial charge in [0.25, 0.3) is 5.91 Å². The Kier molecular flexibility index (Phi) is 8.03. The minimum Gasteiger partial charge on any atom is -0.383 e. The van der Waals surface area contributed by atoms with Crippen LogP contribution in [-0.4, -0.2) is 52.3 Å². The smallest absolute Gasteiger partial charge is 0.261 e. The number of methoxy groups -OCH3 is 2. The van der Waals surface area contributed by atoms with Gasteiger partial charge in [-0.3, -0.25) is 9.59 Å². The van der Waals surface area contributed by atoms with Gasteiger partial charge in [-0.1, -0.05) is 18.2 Å². The predicted molar refractivity (Wildman–Crippen MR) is 116 cm³/mol. The van der Waals surface area contributed by atoms with Crippen LogP contribution in [0.5, 0.6) is 0 Å². The van der Waals surface area contributed by atoms with Crippen molar-refractivity contribution in [3.8, 4) is 0 Å². The molecule has 0 unspecified atom stereocenters. The largest absolute Gasteiger partial charge is 0.383 e. The molecule has 6 nitrogen and oxygen atoms in total. The lowest BCUT2D eigenvalue weighted by Gasteiger charge is -2.29. The van der Waals surface area contributed by atoms with Crippen LogP contribution in [0.2, 0.25) is 0 Å². The number of thiophene rings is 1. The van der Waals surface area contributed by atoms with Crippen molar-refractivity contribution < 1.29 is 19.1 Å². The van der Waals surface area contributed by atoms with E-state index in [0.717, 1.165) is 35.3 Å². The highest BCUT2D eigenvalue weighted by molar-refractivity contribution is 7.21. The van der Waals surface area contributed by atoms with E-state index in [1.807, 2.05) is 12.1 Å². The third-order valence-corrected chi connectivity index (χ3v) is 6.74. The van der Waals surface area contributed by atoms with Gasteiger partial charge in [0, 0.05) is 32.0 Å². The maximum Gasteiger partial charge on any atom is 0.261 e. The van der Waals surface area contributed by atoms with Crippen LogP contribution in [0.25, 0.3) is 10.1 Å². The molecule has 0 saturated heterocycles. The molecule has 1 aromatic carbocycles. The lowest BCUT2D eigenvalue weighted by atomic mass is 9.77. The number of carbonyl (C=O) groups excluding carboxylic acids is 2. The Hall–Kier alpha value is -1.96. The normalized spacial score (nSPS) is 19.2. The van der Waals surface area contributed by atoms with Crippen molar-refractivity contribution in [2.45, 2.75) is 31.6 Å². The van der Waals surface area contributed by atoms with Crippen molar-refractivity contribution in [1.82, 2.24) is 10.6 Å². The Morgan fingerprint density at radius 2 is 1.83 bits per heavy atom. The van der Waals surface area contributed by atoms with E-state index in [1.165, 1.54) is 18.1 Å². The summed E-state index contributed by atoms with van der Waals surface area (Å²) in [5, 5.41) is 7.13. The molecule has 1 fully saturated rings. The molecule has 29 heavy (non-hydrogen) atoms. The summed E-state index contributed by atoms with van der Waals surface area (Å²) < 4.78 is 11.1. The SMILES string of the molecule is COCCNC(=O)c1sc2ccccc2c1C1CCC(CNC(=O)COC)CC1. The molecule has 1 aromatic heterocycles. The van der Waals surface area contributed by atoms with Crippen molar-refractivity contribution in [1.29, 1.82) is 0 Å². The predicted octanol–water partition coefficient (Wildman–Crippen LogP) is 3.31. The van der Waals surface area contributed by atoms with Crippen LogP contribution in [0.15, 0.2) is 24.3 Å². The van der Waals surface area contributed by atoms with E-state index < -0.39 is 0 Å². The molecule has 2 N–H and O–H groups in total. The fourth-order valence-corrected chi connectivity index (χ4v) is 5.29. The van der Waals surface area contributed by atoms with Crippen LogP contribution in [-0.2, 0) is 14.3 Å². The zero-order chi connectivity index (χ0) is 20.6. The molecule has 0 radical (unpaired) electrons. The molecule has 2 aromatic rings. The first kappa shape index (κ1) is 21.7. The van der Waals surface area contributed by atoms with Crippen LogP contribution < -0.4 is 10.6 Å². The molecule has 3 rings (SSSR count). The molecule has 1 aliphatic rings. The fraction of sp³-hybridized carbons (Fsp3) is 0.545. The third kappa shape index (κ3) is 5.56. The van der Waals surface area contributed by atoms with Gasteiger partial charge in [-0.05, 0) is 54.5 Å². The fourth-order valence-electron chi connectivity index (χ4n) is 4.08. The molecule has 0 bridgehead atoms. The summed E-state index contributed by atoms with van der Waals surface area (Å²) in [7, 11) is 3.16. The van der Waals surface area contributed by atoms with Gasteiger partial charge in [0.2, 0.25) is 5.91 Å². The molecule has 1 saturated carbocycles. The van der Waals surface area contributed by atoms with E-state index >= 15 is 0 Å². The monoisotopic (exact) mass is 418 g/mol. The Morgan fingerprint density at radius 1 is 1.07 bits per heavy atom. The van der Waals surface area contributed by atoms with Gasteiger partial charge in [0.05, 0.1) is 11.5 Å². The van der Waals surface area contributed by atoms with Gasteiger partial charge < -0.3 is 20.1 Å². The molecular formula is C22H30N2O4S. The van der Waals surface area contributed by atoms with Gasteiger partial charge >= 0.3 is 0 Å². The van der Waals surface area contributed by atoms with E-state index in [2.05, 4.69) is 22.8 Å². The summed E-state index contributed by atoms with van der Waals surface area (Å²) in [6.45, 7) is 1.82. The maximum atomic E-state index is 12.8. The third-order valence-electron chi connectivity index (χ3n) is 5.55. The summed E-state index contributed by atoms with van der Waals surface area (Å²) in [5.41, 5.74) is 1.20. The highest BCUT2D eigenvalue weighted by Gasteiger charge is 2.29. The van der Waals surface area contributed by atoms with Gasteiger partial charge in [0.15, 0.2) is 0 Å². The summed E-state index contributed by atoms with van der Waals surface area (Å²) in [4.78, 5) is 25.3. The number of benzene rings is 1. The Balaban J connectivity index is 1.70. The average molecular weight is 419 g/mol. The minimum atomic E-state index is -0.0616. The van der Waals surface area contributed by atoms with Crippen molar-refractivity contribution >= 4 is 33.2 Å². The highest BCUT2D eigenvalue weighted by atomic mass is 32.1. The molecular weight excluding hydrogens is 388 g/mol. The minimum absolute atomic E-state index is 0.00722. The van der Waals surface area contributed by atoms with Crippen molar-refractivity contribution in [3.63, 3.8) is 0 Å². The summed E-state index contributed by atoms with van der Waals surface area (Å²) in [6, 6.07) is 8.29. The number of nitrogens with one attached hydrogen (secondary N) is 2. The quantitative estimate of drug-likeness (QED) is 0.613. The molecule has 0 spiro atoms. The first-order valence-corrected chi connectivity index (χ1v) is 11.0. The zero-order valence-corrected chi connectivity index (χ0v) is 18.0. The molecule has 1 heterocycles. The van der Waals surface area contributed by atoms with Crippen LogP contribution in [0, 0.1) is 5.92 Å². The first-order valence-electron chi connectivity index (χ1n) is 10.2. The molecule has 0 atom stereocenters. The number of amides is 2. The van der Waals surface area contributed by atoms with Crippen LogP contribution in [0.1, 0.15) is 46.8 Å². The molecule has 0 aliphatic heterocycles. The summed E-state index contributed by atoms with van der Waals surface area (Å²) >= 11 is 1.58. The highest BCUT2D eigenvalue weighted by Crippen LogP contribution is 2.43. The molecule has 1 aliphatic carbocycles. The number of rotatable bonds is 9. The van der Waals surface area contributed by atoms with Crippen LogP contribution in [0.3, 0.4) is 0 Å². The van der Waals surface area contributed by atoms with E-state index in [4.69, 9.17) is 9.47 Å². The molecule has 2 amide bonds. The van der Waals surface area contributed by atoms with Crippen LogP contribution in [0.4, 0.5) is 0 Å². The number of fused-ring (bicyclic) bond motifs is 1. The first-order chi connectivity index (χ1) is 14.1. The zero-order valence-electron chi connectivity index (χ0n) is 17.2. The van der Waals surface area contributed by atoms with Crippen molar-refractivity contribution in [3.05, 3.63) is 34.7 Å². The van der Waals surface area contributed by atoms with E-state index in [9.17, 15) is 9.59 Å². The lowest BCUT2D eigenvalue weighted by molar-refractivity contribution is -0.124. The summed E-state index contributed by atoms with van der Waals surface area (Å²) in [5.74, 6) is 0.789.